The summed E-state index contributed by atoms with van der Waals surface area (Å²) in [5.74, 6) is 1.10. The molecule has 110 valence electrons. The van der Waals surface area contributed by atoms with Gasteiger partial charge in [-0.05, 0) is 46.6 Å². The standard InChI is InChI=1S/C15H24N4O/c1-10(2)16-14(20)13-5-7-19(8-6-13)15-17-11(3)9-12(4)18-15/h9-10,13H,5-8H2,1-4H3,(H,16,20). The maximum Gasteiger partial charge on any atom is 0.225 e. The smallest absolute Gasteiger partial charge is 0.225 e. The number of amides is 1. The highest BCUT2D eigenvalue weighted by Gasteiger charge is 2.26. The fourth-order valence-electron chi connectivity index (χ4n) is 2.59. The number of piperidine rings is 1. The first kappa shape index (κ1) is 14.8. The summed E-state index contributed by atoms with van der Waals surface area (Å²) in [6, 6.07) is 2.19. The molecule has 0 aliphatic carbocycles. The van der Waals surface area contributed by atoms with Gasteiger partial charge in [0.2, 0.25) is 11.9 Å². The zero-order chi connectivity index (χ0) is 14.7. The van der Waals surface area contributed by atoms with E-state index < -0.39 is 0 Å². The molecule has 1 N–H and O–H groups in total. The minimum absolute atomic E-state index is 0.125. The van der Waals surface area contributed by atoms with Gasteiger partial charge >= 0.3 is 0 Å². The third kappa shape index (κ3) is 3.68. The van der Waals surface area contributed by atoms with Crippen molar-refractivity contribution in [3.05, 3.63) is 17.5 Å². The van der Waals surface area contributed by atoms with Gasteiger partial charge in [-0.1, -0.05) is 0 Å². The van der Waals surface area contributed by atoms with Crippen LogP contribution in [0, 0.1) is 19.8 Å². The molecule has 0 radical (unpaired) electrons. The van der Waals surface area contributed by atoms with Crippen LogP contribution in [0.3, 0.4) is 0 Å². The third-order valence-electron chi connectivity index (χ3n) is 3.55. The van der Waals surface area contributed by atoms with Gasteiger partial charge in [-0.15, -0.1) is 0 Å². The van der Waals surface area contributed by atoms with Crippen LogP contribution in [0.1, 0.15) is 38.1 Å². The van der Waals surface area contributed by atoms with E-state index in [9.17, 15) is 4.79 Å². The predicted molar refractivity (Wildman–Crippen MR) is 79.7 cm³/mol. The summed E-state index contributed by atoms with van der Waals surface area (Å²) in [4.78, 5) is 23.2. The lowest BCUT2D eigenvalue weighted by Crippen LogP contribution is -2.43. The number of nitrogens with zero attached hydrogens (tertiary/aromatic N) is 3. The van der Waals surface area contributed by atoms with Crippen molar-refractivity contribution in [1.82, 2.24) is 15.3 Å². The van der Waals surface area contributed by atoms with Crippen LogP contribution in [-0.4, -0.2) is 35.0 Å². The van der Waals surface area contributed by atoms with E-state index in [1.807, 2.05) is 33.8 Å². The molecule has 1 fully saturated rings. The van der Waals surface area contributed by atoms with Crippen LogP contribution in [0.5, 0.6) is 0 Å². The summed E-state index contributed by atoms with van der Waals surface area (Å²) < 4.78 is 0. The Kier molecular flexibility index (Phi) is 4.57. The van der Waals surface area contributed by atoms with Crippen molar-refractivity contribution < 1.29 is 4.79 Å². The molecule has 0 spiro atoms. The Hall–Kier alpha value is -1.65. The van der Waals surface area contributed by atoms with Crippen molar-refractivity contribution >= 4 is 11.9 Å². The molecule has 1 aliphatic rings. The number of aromatic nitrogens is 2. The Morgan fingerprint density at radius 1 is 1.25 bits per heavy atom. The molecule has 0 aromatic carbocycles. The Morgan fingerprint density at radius 2 is 1.80 bits per heavy atom. The van der Waals surface area contributed by atoms with Crippen LogP contribution in [0.2, 0.25) is 0 Å². The van der Waals surface area contributed by atoms with Gasteiger partial charge in [-0.2, -0.15) is 0 Å². The van der Waals surface area contributed by atoms with E-state index in [0.717, 1.165) is 43.3 Å². The molecule has 1 aromatic rings. The molecule has 5 heteroatoms. The fourth-order valence-corrected chi connectivity index (χ4v) is 2.59. The molecular weight excluding hydrogens is 252 g/mol. The molecule has 0 bridgehead atoms. The minimum atomic E-state index is 0.125. The number of hydrogen-bond acceptors (Lipinski definition) is 4. The number of anilines is 1. The summed E-state index contributed by atoms with van der Waals surface area (Å²) in [5, 5.41) is 3.00. The maximum atomic E-state index is 12.0. The Balaban J connectivity index is 1.95. The lowest BCUT2D eigenvalue weighted by molar-refractivity contribution is -0.126. The van der Waals surface area contributed by atoms with Gasteiger partial charge < -0.3 is 10.2 Å². The average Bonchev–Trinajstić information content (AvgIpc) is 2.37. The second kappa shape index (κ2) is 6.20. The summed E-state index contributed by atoms with van der Waals surface area (Å²) in [6.45, 7) is 9.66. The van der Waals surface area contributed by atoms with Crippen molar-refractivity contribution in [1.29, 1.82) is 0 Å². The van der Waals surface area contributed by atoms with Crippen molar-refractivity contribution in [3.63, 3.8) is 0 Å². The van der Waals surface area contributed by atoms with Crippen LogP contribution in [-0.2, 0) is 4.79 Å². The van der Waals surface area contributed by atoms with Crippen molar-refractivity contribution in [2.24, 2.45) is 5.92 Å². The zero-order valence-corrected chi connectivity index (χ0v) is 12.8. The quantitative estimate of drug-likeness (QED) is 0.915. The summed E-state index contributed by atoms with van der Waals surface area (Å²) in [5.41, 5.74) is 1.99. The van der Waals surface area contributed by atoms with Gasteiger partial charge in [0.05, 0.1) is 0 Å². The molecular formula is C15H24N4O. The molecule has 1 saturated heterocycles. The van der Waals surface area contributed by atoms with Gasteiger partial charge in [-0.3, -0.25) is 4.79 Å². The van der Waals surface area contributed by atoms with Gasteiger partial charge in [0.15, 0.2) is 0 Å². The molecule has 0 saturated carbocycles. The first-order valence-electron chi connectivity index (χ1n) is 7.33. The Bertz CT molecular complexity index is 459. The van der Waals surface area contributed by atoms with Crippen molar-refractivity contribution in [3.8, 4) is 0 Å². The van der Waals surface area contributed by atoms with Gasteiger partial charge in [-0.25, -0.2) is 9.97 Å². The number of carbonyl (C=O) groups is 1. The Labute approximate surface area is 120 Å². The van der Waals surface area contributed by atoms with Gasteiger partial charge in [0.1, 0.15) is 0 Å². The number of hydrogen-bond donors (Lipinski definition) is 1. The van der Waals surface area contributed by atoms with Crippen molar-refractivity contribution in [2.75, 3.05) is 18.0 Å². The number of aryl methyl sites for hydroxylation is 2. The molecule has 1 aliphatic heterocycles. The van der Waals surface area contributed by atoms with Gasteiger partial charge in [0.25, 0.3) is 0 Å². The van der Waals surface area contributed by atoms with E-state index in [-0.39, 0.29) is 17.9 Å². The first-order chi connectivity index (χ1) is 9.45. The van der Waals surface area contributed by atoms with Gasteiger partial charge in [0, 0.05) is 36.4 Å². The normalized spacial score (nSPS) is 16.6. The summed E-state index contributed by atoms with van der Waals surface area (Å²) >= 11 is 0. The topological polar surface area (TPSA) is 58.1 Å². The summed E-state index contributed by atoms with van der Waals surface area (Å²) in [7, 11) is 0. The van der Waals surface area contributed by atoms with E-state index in [2.05, 4.69) is 20.2 Å². The maximum absolute atomic E-state index is 12.0. The Morgan fingerprint density at radius 3 is 2.30 bits per heavy atom. The molecule has 1 amide bonds. The number of rotatable bonds is 3. The zero-order valence-electron chi connectivity index (χ0n) is 12.8. The minimum Gasteiger partial charge on any atom is -0.354 e. The lowest BCUT2D eigenvalue weighted by Gasteiger charge is -2.31. The molecule has 1 aromatic heterocycles. The highest BCUT2D eigenvalue weighted by atomic mass is 16.1. The fraction of sp³-hybridized carbons (Fsp3) is 0.667. The van der Waals surface area contributed by atoms with Crippen LogP contribution >= 0.6 is 0 Å². The third-order valence-corrected chi connectivity index (χ3v) is 3.55. The molecule has 2 heterocycles. The molecule has 20 heavy (non-hydrogen) atoms. The van der Waals surface area contributed by atoms with E-state index in [4.69, 9.17) is 0 Å². The monoisotopic (exact) mass is 276 g/mol. The SMILES string of the molecule is Cc1cc(C)nc(N2CCC(C(=O)NC(C)C)CC2)n1. The predicted octanol–water partition coefficient (Wildman–Crippen LogP) is 1.83. The molecule has 5 nitrogen and oxygen atoms in total. The van der Waals surface area contributed by atoms with Crippen molar-refractivity contribution in [2.45, 2.75) is 46.6 Å². The molecule has 0 atom stereocenters. The van der Waals surface area contributed by atoms with E-state index in [1.54, 1.807) is 0 Å². The van der Waals surface area contributed by atoms with E-state index >= 15 is 0 Å². The molecule has 0 unspecified atom stereocenters. The lowest BCUT2D eigenvalue weighted by atomic mass is 9.96. The van der Waals surface area contributed by atoms with E-state index in [1.165, 1.54) is 0 Å². The van der Waals surface area contributed by atoms with E-state index in [0.29, 0.717) is 0 Å². The van der Waals surface area contributed by atoms with Crippen LogP contribution < -0.4 is 10.2 Å². The van der Waals surface area contributed by atoms with Crippen LogP contribution in [0.4, 0.5) is 5.95 Å². The molecule has 2 rings (SSSR count). The highest BCUT2D eigenvalue weighted by molar-refractivity contribution is 5.79. The largest absolute Gasteiger partial charge is 0.354 e. The second-order valence-corrected chi connectivity index (χ2v) is 5.88. The van der Waals surface area contributed by atoms with Crippen LogP contribution in [0.25, 0.3) is 0 Å². The highest BCUT2D eigenvalue weighted by Crippen LogP contribution is 2.21. The number of nitrogens with one attached hydrogen (secondary N) is 1. The summed E-state index contributed by atoms with van der Waals surface area (Å²) in [6.07, 6.45) is 1.74. The first-order valence-corrected chi connectivity index (χ1v) is 7.33. The number of carbonyl (C=O) groups excluding carboxylic acids is 1. The van der Waals surface area contributed by atoms with Crippen LogP contribution in [0.15, 0.2) is 6.07 Å². The average molecular weight is 276 g/mol. The second-order valence-electron chi connectivity index (χ2n) is 5.88.